The first-order chi connectivity index (χ1) is 10.3. The van der Waals surface area contributed by atoms with Crippen molar-refractivity contribution in [2.45, 2.75) is 19.1 Å². The number of carbonyl (C=O) groups excluding carboxylic acids is 1. The Morgan fingerprint density at radius 1 is 1.33 bits per heavy atom. The van der Waals surface area contributed by atoms with E-state index in [2.05, 4.69) is 34.3 Å². The third-order valence-corrected chi connectivity index (χ3v) is 3.91. The standard InChI is InChI=1S/C17H18N2O2/c1-21-15-6-4-13(5-7-15)11-19-12-14(8-10-20)16-3-2-9-18-17(16)19/h2-7,9-10,12,16-17H,8,11H2,1H3. The van der Waals surface area contributed by atoms with Crippen LogP contribution in [0.2, 0.25) is 0 Å². The summed E-state index contributed by atoms with van der Waals surface area (Å²) in [6, 6.07) is 8.04. The molecule has 21 heavy (non-hydrogen) atoms. The minimum atomic E-state index is 0.0760. The molecule has 108 valence electrons. The zero-order valence-electron chi connectivity index (χ0n) is 12.0. The lowest BCUT2D eigenvalue weighted by molar-refractivity contribution is -0.107. The van der Waals surface area contributed by atoms with Gasteiger partial charge in [-0.15, -0.1) is 0 Å². The van der Waals surface area contributed by atoms with Gasteiger partial charge < -0.3 is 14.4 Å². The largest absolute Gasteiger partial charge is 0.497 e. The van der Waals surface area contributed by atoms with Crippen LogP contribution in [0, 0.1) is 5.92 Å². The Morgan fingerprint density at radius 2 is 2.14 bits per heavy atom. The highest BCUT2D eigenvalue weighted by Crippen LogP contribution is 2.34. The van der Waals surface area contributed by atoms with Crippen LogP contribution < -0.4 is 4.74 Å². The molecule has 4 nitrogen and oxygen atoms in total. The zero-order chi connectivity index (χ0) is 14.7. The molecule has 3 rings (SSSR count). The predicted molar refractivity (Wildman–Crippen MR) is 82.2 cm³/mol. The van der Waals surface area contributed by atoms with E-state index in [4.69, 9.17) is 4.74 Å². The van der Waals surface area contributed by atoms with Gasteiger partial charge in [-0.3, -0.25) is 4.99 Å². The number of dihydropyridines is 1. The Balaban J connectivity index is 1.78. The molecule has 0 spiro atoms. The van der Waals surface area contributed by atoms with Crippen molar-refractivity contribution in [2.75, 3.05) is 7.11 Å². The molecule has 0 radical (unpaired) electrons. The van der Waals surface area contributed by atoms with Gasteiger partial charge in [0.25, 0.3) is 0 Å². The van der Waals surface area contributed by atoms with Crippen LogP contribution in [-0.4, -0.2) is 30.7 Å². The molecule has 2 aliphatic heterocycles. The second-order valence-corrected chi connectivity index (χ2v) is 5.22. The number of allylic oxidation sites excluding steroid dienone is 1. The summed E-state index contributed by atoms with van der Waals surface area (Å²) in [7, 11) is 1.66. The molecule has 0 aliphatic carbocycles. The molecule has 0 bridgehead atoms. The minimum absolute atomic E-state index is 0.0760. The third kappa shape index (κ3) is 2.75. The Labute approximate surface area is 124 Å². The topological polar surface area (TPSA) is 41.9 Å². The van der Waals surface area contributed by atoms with Crippen LogP contribution in [0.4, 0.5) is 0 Å². The molecular weight excluding hydrogens is 264 g/mol. The molecule has 2 atom stereocenters. The van der Waals surface area contributed by atoms with Gasteiger partial charge in [0.1, 0.15) is 18.2 Å². The van der Waals surface area contributed by atoms with Gasteiger partial charge in [0.15, 0.2) is 0 Å². The van der Waals surface area contributed by atoms with Gasteiger partial charge in [-0.2, -0.15) is 0 Å². The summed E-state index contributed by atoms with van der Waals surface area (Å²) < 4.78 is 5.18. The van der Waals surface area contributed by atoms with Crippen LogP contribution in [0.5, 0.6) is 5.75 Å². The first-order valence-corrected chi connectivity index (χ1v) is 7.04. The van der Waals surface area contributed by atoms with Crippen molar-refractivity contribution in [1.82, 2.24) is 4.90 Å². The van der Waals surface area contributed by atoms with E-state index in [-0.39, 0.29) is 12.1 Å². The summed E-state index contributed by atoms with van der Waals surface area (Å²) in [6.45, 7) is 0.776. The number of rotatable bonds is 5. The van der Waals surface area contributed by atoms with Gasteiger partial charge in [0, 0.05) is 31.3 Å². The van der Waals surface area contributed by atoms with Crippen molar-refractivity contribution < 1.29 is 9.53 Å². The second kappa shape index (κ2) is 5.95. The average Bonchev–Trinajstić information content (AvgIpc) is 2.87. The normalized spacial score (nSPS) is 22.9. The Hall–Kier alpha value is -2.36. The maximum absolute atomic E-state index is 10.8. The minimum Gasteiger partial charge on any atom is -0.497 e. The monoisotopic (exact) mass is 282 g/mol. The van der Waals surface area contributed by atoms with E-state index >= 15 is 0 Å². The first-order valence-electron chi connectivity index (χ1n) is 7.04. The van der Waals surface area contributed by atoms with Crippen LogP contribution in [0.3, 0.4) is 0 Å². The summed E-state index contributed by atoms with van der Waals surface area (Å²) >= 11 is 0. The maximum Gasteiger partial charge on any atom is 0.131 e. The molecule has 0 fully saturated rings. The molecule has 0 saturated carbocycles. The molecular formula is C17H18N2O2. The highest BCUT2D eigenvalue weighted by atomic mass is 16.5. The molecule has 0 N–H and O–H groups in total. The zero-order valence-corrected chi connectivity index (χ0v) is 12.0. The molecule has 2 unspecified atom stereocenters. The third-order valence-electron chi connectivity index (χ3n) is 3.91. The van der Waals surface area contributed by atoms with E-state index in [1.54, 1.807) is 7.11 Å². The molecule has 0 aromatic heterocycles. The summed E-state index contributed by atoms with van der Waals surface area (Å²) in [5, 5.41) is 0. The number of ether oxygens (including phenoxy) is 1. The quantitative estimate of drug-likeness (QED) is 0.779. The van der Waals surface area contributed by atoms with Crippen LogP contribution in [-0.2, 0) is 11.3 Å². The molecule has 1 aromatic rings. The summed E-state index contributed by atoms with van der Waals surface area (Å²) in [5.74, 6) is 1.08. The number of aldehydes is 1. The van der Waals surface area contributed by atoms with E-state index in [1.807, 2.05) is 24.4 Å². The number of carbonyl (C=O) groups is 1. The van der Waals surface area contributed by atoms with Gasteiger partial charge in [-0.05, 0) is 29.3 Å². The van der Waals surface area contributed by atoms with Crippen molar-refractivity contribution in [3.05, 3.63) is 53.8 Å². The number of methoxy groups -OCH3 is 1. The van der Waals surface area contributed by atoms with Crippen molar-refractivity contribution in [3.63, 3.8) is 0 Å². The lowest BCUT2D eigenvalue weighted by Gasteiger charge is -2.27. The maximum atomic E-state index is 10.8. The van der Waals surface area contributed by atoms with Crippen molar-refractivity contribution >= 4 is 12.5 Å². The van der Waals surface area contributed by atoms with Crippen LogP contribution in [0.15, 0.2) is 53.2 Å². The van der Waals surface area contributed by atoms with Gasteiger partial charge in [0.05, 0.1) is 7.11 Å². The van der Waals surface area contributed by atoms with E-state index in [0.29, 0.717) is 6.42 Å². The van der Waals surface area contributed by atoms with Crippen LogP contribution in [0.1, 0.15) is 12.0 Å². The predicted octanol–water partition coefficient (Wildman–Crippen LogP) is 2.57. The van der Waals surface area contributed by atoms with E-state index in [0.717, 1.165) is 24.2 Å². The Morgan fingerprint density at radius 3 is 2.86 bits per heavy atom. The number of fused-ring (bicyclic) bond motifs is 1. The molecule has 2 heterocycles. The fourth-order valence-corrected chi connectivity index (χ4v) is 2.85. The van der Waals surface area contributed by atoms with E-state index in [9.17, 15) is 4.79 Å². The molecule has 2 aliphatic rings. The Bertz CT molecular complexity index is 602. The SMILES string of the molecule is COc1ccc(CN2C=C(CC=O)C3C=CC=NC32)cc1. The lowest BCUT2D eigenvalue weighted by Crippen LogP contribution is -2.30. The highest BCUT2D eigenvalue weighted by molar-refractivity contribution is 5.73. The molecule has 0 amide bonds. The lowest BCUT2D eigenvalue weighted by atomic mass is 9.96. The Kier molecular flexibility index (Phi) is 3.86. The van der Waals surface area contributed by atoms with Gasteiger partial charge in [0.2, 0.25) is 0 Å². The summed E-state index contributed by atoms with van der Waals surface area (Å²) in [4.78, 5) is 17.6. The van der Waals surface area contributed by atoms with Crippen molar-refractivity contribution in [1.29, 1.82) is 0 Å². The number of nitrogens with zero attached hydrogens (tertiary/aromatic N) is 2. The number of benzene rings is 1. The van der Waals surface area contributed by atoms with Gasteiger partial charge in [-0.25, -0.2) is 0 Å². The average molecular weight is 282 g/mol. The number of hydrogen-bond donors (Lipinski definition) is 0. The van der Waals surface area contributed by atoms with Gasteiger partial charge in [-0.1, -0.05) is 18.2 Å². The van der Waals surface area contributed by atoms with Crippen molar-refractivity contribution in [2.24, 2.45) is 10.9 Å². The van der Waals surface area contributed by atoms with E-state index in [1.165, 1.54) is 5.56 Å². The molecule has 4 heteroatoms. The highest BCUT2D eigenvalue weighted by Gasteiger charge is 2.33. The number of aliphatic imine (C=N–C) groups is 1. The van der Waals surface area contributed by atoms with Crippen molar-refractivity contribution in [3.8, 4) is 5.75 Å². The molecule has 0 saturated heterocycles. The summed E-state index contributed by atoms with van der Waals surface area (Å²) in [6.07, 6.45) is 9.51. The van der Waals surface area contributed by atoms with E-state index < -0.39 is 0 Å². The second-order valence-electron chi connectivity index (χ2n) is 5.22. The van der Waals surface area contributed by atoms with Crippen LogP contribution in [0.25, 0.3) is 0 Å². The fraction of sp³-hybridized carbons (Fsp3) is 0.294. The van der Waals surface area contributed by atoms with Crippen LogP contribution >= 0.6 is 0 Å². The summed E-state index contributed by atoms with van der Waals surface area (Å²) in [5.41, 5.74) is 2.33. The number of hydrogen-bond acceptors (Lipinski definition) is 4. The smallest absolute Gasteiger partial charge is 0.131 e. The fourth-order valence-electron chi connectivity index (χ4n) is 2.85. The molecule has 1 aromatic carbocycles. The first kappa shape index (κ1) is 13.6. The van der Waals surface area contributed by atoms with Gasteiger partial charge >= 0.3 is 0 Å².